The molecular weight excluding hydrogens is 386 g/mol. The fourth-order valence-corrected chi connectivity index (χ4v) is 3.45. The van der Waals surface area contributed by atoms with Gasteiger partial charge in [-0.1, -0.05) is 88.6 Å². The van der Waals surface area contributed by atoms with Crippen LogP contribution >= 0.6 is 0 Å². The number of nitrogens with one attached hydrogen (secondary N) is 1. The van der Waals surface area contributed by atoms with Crippen molar-refractivity contribution in [1.82, 2.24) is 0 Å². The lowest BCUT2D eigenvalue weighted by Crippen LogP contribution is -2.26. The monoisotopic (exact) mass is 431 g/mol. The molecule has 0 aliphatic heterocycles. The summed E-state index contributed by atoms with van der Waals surface area (Å²) in [6.07, 6.45) is 20.6. The van der Waals surface area contributed by atoms with Crippen LogP contribution in [0.5, 0.6) is 0 Å². The van der Waals surface area contributed by atoms with E-state index in [0.29, 0.717) is 13.0 Å². The molecular formula is C27H45NO3. The number of para-hydroxylation sites is 1. The molecule has 1 aromatic carbocycles. The van der Waals surface area contributed by atoms with Crippen LogP contribution < -0.4 is 5.32 Å². The summed E-state index contributed by atoms with van der Waals surface area (Å²) in [6, 6.07) is 9.68. The van der Waals surface area contributed by atoms with Gasteiger partial charge in [0, 0.05) is 18.7 Å². The lowest BCUT2D eigenvalue weighted by molar-refractivity contribution is -0.146. The highest BCUT2D eigenvalue weighted by Gasteiger charge is 2.08. The summed E-state index contributed by atoms with van der Waals surface area (Å²) in [5.41, 5.74) is 0.946. The van der Waals surface area contributed by atoms with E-state index < -0.39 is 6.10 Å². The van der Waals surface area contributed by atoms with Gasteiger partial charge in [-0.3, -0.25) is 4.79 Å². The van der Waals surface area contributed by atoms with Crippen LogP contribution in [0.15, 0.2) is 42.5 Å². The highest BCUT2D eigenvalue weighted by Crippen LogP contribution is 2.10. The Bertz CT molecular complexity index is 559. The molecule has 176 valence electrons. The molecule has 1 unspecified atom stereocenters. The lowest BCUT2D eigenvalue weighted by Gasteiger charge is -2.13. The number of carbonyl (C=O) groups is 1. The topological polar surface area (TPSA) is 58.6 Å². The molecule has 0 aliphatic carbocycles. The number of ether oxygens (including phenoxy) is 1. The Labute approximate surface area is 190 Å². The average Bonchev–Trinajstić information content (AvgIpc) is 2.79. The number of unbranched alkanes of at least 4 members (excludes halogenated alkanes) is 11. The van der Waals surface area contributed by atoms with Crippen molar-refractivity contribution in [2.45, 2.75) is 103 Å². The normalized spacial score (nSPS) is 12.2. The molecule has 1 atom stereocenters. The number of aliphatic hydroxyl groups excluding tert-OH is 1. The van der Waals surface area contributed by atoms with E-state index in [0.717, 1.165) is 18.5 Å². The van der Waals surface area contributed by atoms with Crippen molar-refractivity contribution in [2.75, 3.05) is 18.5 Å². The Morgan fingerprint density at radius 1 is 0.903 bits per heavy atom. The van der Waals surface area contributed by atoms with Crippen LogP contribution in [0.3, 0.4) is 0 Å². The summed E-state index contributed by atoms with van der Waals surface area (Å²) in [4.78, 5) is 11.8. The van der Waals surface area contributed by atoms with Crippen LogP contribution in [-0.2, 0) is 9.53 Å². The van der Waals surface area contributed by atoms with Gasteiger partial charge in [-0.05, 0) is 44.2 Å². The number of rotatable bonds is 20. The van der Waals surface area contributed by atoms with Crippen molar-refractivity contribution in [2.24, 2.45) is 0 Å². The first-order valence-electron chi connectivity index (χ1n) is 12.5. The minimum Gasteiger partial charge on any atom is -0.463 e. The standard InChI is InChI=1S/C27H45NO3/c1-2-3-4-5-6-7-8-9-10-11-12-13-14-15-19-22-27(30)31-24-26(29)23-28-25-20-17-16-18-21-25/h9-10,16-18,20-21,26,28-29H,2-8,11-15,19,22-24H2,1H3. The molecule has 0 heterocycles. The Morgan fingerprint density at radius 3 is 2.13 bits per heavy atom. The molecule has 0 bridgehead atoms. The maximum absolute atomic E-state index is 11.8. The fourth-order valence-electron chi connectivity index (χ4n) is 3.45. The molecule has 4 nitrogen and oxygen atoms in total. The van der Waals surface area contributed by atoms with Crippen LogP contribution in [-0.4, -0.2) is 30.3 Å². The number of carbonyl (C=O) groups excluding carboxylic acids is 1. The van der Waals surface area contributed by atoms with Gasteiger partial charge >= 0.3 is 5.97 Å². The molecule has 31 heavy (non-hydrogen) atoms. The Balaban J connectivity index is 1.85. The third kappa shape index (κ3) is 17.6. The van der Waals surface area contributed by atoms with Gasteiger partial charge < -0.3 is 15.2 Å². The van der Waals surface area contributed by atoms with Crippen molar-refractivity contribution in [3.8, 4) is 0 Å². The first kappa shape index (κ1) is 27.2. The van der Waals surface area contributed by atoms with Crippen LogP contribution in [0.1, 0.15) is 96.8 Å². The fraction of sp³-hybridized carbons (Fsp3) is 0.667. The lowest BCUT2D eigenvalue weighted by atomic mass is 10.1. The minimum atomic E-state index is -0.696. The molecule has 0 spiro atoms. The number of allylic oxidation sites excluding steroid dienone is 2. The molecule has 0 radical (unpaired) electrons. The number of esters is 1. The average molecular weight is 432 g/mol. The predicted octanol–water partition coefficient (Wildman–Crippen LogP) is 7.04. The summed E-state index contributed by atoms with van der Waals surface area (Å²) in [5, 5.41) is 13.0. The van der Waals surface area contributed by atoms with Crippen LogP contribution in [0.25, 0.3) is 0 Å². The molecule has 2 N–H and O–H groups in total. The minimum absolute atomic E-state index is 0.0454. The third-order valence-electron chi connectivity index (χ3n) is 5.40. The van der Waals surface area contributed by atoms with Crippen molar-refractivity contribution >= 4 is 11.7 Å². The maximum atomic E-state index is 11.8. The molecule has 1 rings (SSSR count). The Morgan fingerprint density at radius 2 is 1.48 bits per heavy atom. The van der Waals surface area contributed by atoms with Gasteiger partial charge in [-0.15, -0.1) is 0 Å². The van der Waals surface area contributed by atoms with Gasteiger partial charge in [0.05, 0.1) is 0 Å². The summed E-state index contributed by atoms with van der Waals surface area (Å²) in [7, 11) is 0. The SMILES string of the molecule is CCCCCCCCC=CCCCCCCCC(=O)OCC(O)CNc1ccccc1. The van der Waals surface area contributed by atoms with Crippen LogP contribution in [0.2, 0.25) is 0 Å². The van der Waals surface area contributed by atoms with E-state index in [1.54, 1.807) is 0 Å². The second-order valence-corrected chi connectivity index (χ2v) is 8.42. The first-order chi connectivity index (χ1) is 15.2. The van der Waals surface area contributed by atoms with Crippen molar-refractivity contribution < 1.29 is 14.6 Å². The second-order valence-electron chi connectivity index (χ2n) is 8.42. The Hall–Kier alpha value is -1.81. The summed E-state index contributed by atoms with van der Waals surface area (Å²) >= 11 is 0. The molecule has 0 aromatic heterocycles. The van der Waals surface area contributed by atoms with Gasteiger partial charge in [-0.25, -0.2) is 0 Å². The number of hydrogen-bond acceptors (Lipinski definition) is 4. The second kappa shape index (κ2) is 20.1. The molecule has 0 amide bonds. The summed E-state index contributed by atoms with van der Waals surface area (Å²) in [5.74, 6) is -0.212. The first-order valence-corrected chi connectivity index (χ1v) is 12.5. The van der Waals surface area contributed by atoms with E-state index in [9.17, 15) is 9.90 Å². The highest BCUT2D eigenvalue weighted by molar-refractivity contribution is 5.69. The van der Waals surface area contributed by atoms with E-state index >= 15 is 0 Å². The van der Waals surface area contributed by atoms with E-state index in [1.165, 1.54) is 70.6 Å². The van der Waals surface area contributed by atoms with Crippen LogP contribution in [0, 0.1) is 0 Å². The van der Waals surface area contributed by atoms with E-state index in [2.05, 4.69) is 24.4 Å². The molecule has 0 saturated carbocycles. The number of benzene rings is 1. The highest BCUT2D eigenvalue weighted by atomic mass is 16.5. The van der Waals surface area contributed by atoms with E-state index in [-0.39, 0.29) is 12.6 Å². The van der Waals surface area contributed by atoms with Crippen molar-refractivity contribution in [3.63, 3.8) is 0 Å². The van der Waals surface area contributed by atoms with E-state index in [1.807, 2.05) is 30.3 Å². The zero-order valence-corrected chi connectivity index (χ0v) is 19.7. The Kier molecular flexibility index (Phi) is 17.7. The van der Waals surface area contributed by atoms with Gasteiger partial charge in [-0.2, -0.15) is 0 Å². The van der Waals surface area contributed by atoms with Crippen LogP contribution in [0.4, 0.5) is 5.69 Å². The molecule has 0 saturated heterocycles. The quantitative estimate of drug-likeness (QED) is 0.132. The molecule has 0 aliphatic rings. The zero-order chi connectivity index (χ0) is 22.4. The number of aliphatic hydroxyl groups is 1. The smallest absolute Gasteiger partial charge is 0.305 e. The van der Waals surface area contributed by atoms with E-state index in [4.69, 9.17) is 4.74 Å². The van der Waals surface area contributed by atoms with Gasteiger partial charge in [0.2, 0.25) is 0 Å². The van der Waals surface area contributed by atoms with Gasteiger partial charge in [0.1, 0.15) is 12.7 Å². The number of hydrogen-bond donors (Lipinski definition) is 2. The number of anilines is 1. The molecule has 4 heteroatoms. The summed E-state index contributed by atoms with van der Waals surface area (Å²) < 4.78 is 5.17. The molecule has 0 fully saturated rings. The third-order valence-corrected chi connectivity index (χ3v) is 5.40. The maximum Gasteiger partial charge on any atom is 0.305 e. The predicted molar refractivity (Wildman–Crippen MR) is 131 cm³/mol. The summed E-state index contributed by atoms with van der Waals surface area (Å²) in [6.45, 7) is 2.67. The largest absolute Gasteiger partial charge is 0.463 e. The van der Waals surface area contributed by atoms with Gasteiger partial charge in [0.25, 0.3) is 0 Å². The van der Waals surface area contributed by atoms with Gasteiger partial charge in [0.15, 0.2) is 0 Å². The van der Waals surface area contributed by atoms with Crippen molar-refractivity contribution in [3.05, 3.63) is 42.5 Å². The van der Waals surface area contributed by atoms with Crippen molar-refractivity contribution in [1.29, 1.82) is 0 Å². The zero-order valence-electron chi connectivity index (χ0n) is 19.7. The molecule has 1 aromatic rings.